The SMILES string of the molecule is CC(C)n1ncn(-c2ccc(N3CCN(C(C(=O)NC4N=CCS4)c4ccccc4)CC3)cc2)c1=O. The molecule has 3 heterocycles. The number of aromatic nitrogens is 3. The Bertz CT molecular complexity index is 1260. The number of aliphatic imine (C=N–C) groups is 1. The van der Waals surface area contributed by atoms with Crippen LogP contribution < -0.4 is 15.9 Å². The molecule has 1 aromatic heterocycles. The van der Waals surface area contributed by atoms with E-state index < -0.39 is 0 Å². The summed E-state index contributed by atoms with van der Waals surface area (Å²) in [7, 11) is 0. The highest BCUT2D eigenvalue weighted by molar-refractivity contribution is 8.00. The maximum atomic E-state index is 13.3. The van der Waals surface area contributed by atoms with Crippen LogP contribution in [0.15, 0.2) is 70.7 Å². The zero-order valence-electron chi connectivity index (χ0n) is 20.5. The Labute approximate surface area is 214 Å². The van der Waals surface area contributed by atoms with E-state index in [4.69, 9.17) is 0 Å². The normalized spacial score (nSPS) is 19.1. The predicted octanol–water partition coefficient (Wildman–Crippen LogP) is 2.70. The number of hydrogen-bond acceptors (Lipinski definition) is 7. The van der Waals surface area contributed by atoms with Crippen molar-refractivity contribution in [1.29, 1.82) is 0 Å². The zero-order chi connectivity index (χ0) is 25.1. The second-order valence-electron chi connectivity index (χ2n) is 9.20. The molecule has 2 atom stereocenters. The van der Waals surface area contributed by atoms with Crippen LogP contribution in [0.1, 0.15) is 31.5 Å². The first-order valence-corrected chi connectivity index (χ1v) is 13.3. The summed E-state index contributed by atoms with van der Waals surface area (Å²) in [5, 5.41) is 7.30. The van der Waals surface area contributed by atoms with Gasteiger partial charge < -0.3 is 10.2 Å². The topological polar surface area (TPSA) is 87.8 Å². The van der Waals surface area contributed by atoms with Gasteiger partial charge in [-0.05, 0) is 43.7 Å². The number of carbonyl (C=O) groups is 1. The van der Waals surface area contributed by atoms with Crippen molar-refractivity contribution in [1.82, 2.24) is 24.6 Å². The van der Waals surface area contributed by atoms with Crippen molar-refractivity contribution in [2.75, 3.05) is 36.8 Å². The number of rotatable bonds is 7. The van der Waals surface area contributed by atoms with Gasteiger partial charge in [-0.25, -0.2) is 14.0 Å². The number of anilines is 1. The lowest BCUT2D eigenvalue weighted by Crippen LogP contribution is -2.51. The van der Waals surface area contributed by atoms with Gasteiger partial charge in [-0.15, -0.1) is 11.8 Å². The van der Waals surface area contributed by atoms with Crippen molar-refractivity contribution in [3.05, 3.63) is 77.0 Å². The molecule has 188 valence electrons. The average Bonchev–Trinajstić information content (AvgIpc) is 3.55. The minimum absolute atomic E-state index is 0.0112. The van der Waals surface area contributed by atoms with Gasteiger partial charge in [0.2, 0.25) is 5.91 Å². The molecule has 5 rings (SSSR count). The lowest BCUT2D eigenvalue weighted by molar-refractivity contribution is -0.127. The van der Waals surface area contributed by atoms with Crippen LogP contribution in [-0.2, 0) is 4.79 Å². The maximum Gasteiger partial charge on any atom is 0.350 e. The fourth-order valence-electron chi connectivity index (χ4n) is 4.67. The molecule has 1 fully saturated rings. The smallest absolute Gasteiger partial charge is 0.350 e. The van der Waals surface area contributed by atoms with Gasteiger partial charge in [-0.1, -0.05) is 30.3 Å². The molecule has 0 spiro atoms. The zero-order valence-corrected chi connectivity index (χ0v) is 21.3. The largest absolute Gasteiger partial charge is 0.369 e. The number of benzene rings is 2. The van der Waals surface area contributed by atoms with Crippen LogP contribution in [-0.4, -0.2) is 68.8 Å². The van der Waals surface area contributed by atoms with E-state index in [-0.39, 0.29) is 29.2 Å². The first-order chi connectivity index (χ1) is 17.5. The summed E-state index contributed by atoms with van der Waals surface area (Å²) in [6.07, 6.45) is 3.42. The average molecular weight is 506 g/mol. The Balaban J connectivity index is 1.27. The molecule has 1 amide bonds. The van der Waals surface area contributed by atoms with E-state index in [9.17, 15) is 9.59 Å². The van der Waals surface area contributed by atoms with Crippen LogP contribution in [0.4, 0.5) is 5.69 Å². The Morgan fingerprint density at radius 3 is 2.31 bits per heavy atom. The number of thioether (sulfide) groups is 1. The molecule has 2 aromatic carbocycles. The molecule has 10 heteroatoms. The van der Waals surface area contributed by atoms with E-state index in [2.05, 4.69) is 25.2 Å². The highest BCUT2D eigenvalue weighted by Crippen LogP contribution is 2.26. The van der Waals surface area contributed by atoms with Gasteiger partial charge >= 0.3 is 5.69 Å². The standard InChI is InChI=1S/C26H31N7O2S/c1-19(2)33-26(35)32(18-28-33)22-10-8-21(9-11-22)30-13-15-31(16-14-30)23(20-6-4-3-5-7-20)24(34)29-25-27-12-17-36-25/h3-12,18-19,23,25H,13-17H2,1-2H3,(H,29,34). The van der Waals surface area contributed by atoms with Crippen LogP contribution in [0.25, 0.3) is 5.69 Å². The summed E-state index contributed by atoms with van der Waals surface area (Å²) < 4.78 is 3.04. The summed E-state index contributed by atoms with van der Waals surface area (Å²) in [6, 6.07) is 17.6. The second-order valence-corrected chi connectivity index (χ2v) is 10.3. The number of carbonyl (C=O) groups excluding carboxylic acids is 1. The Morgan fingerprint density at radius 1 is 1.00 bits per heavy atom. The maximum absolute atomic E-state index is 13.3. The van der Waals surface area contributed by atoms with E-state index in [1.54, 1.807) is 22.7 Å². The molecule has 2 aliphatic heterocycles. The van der Waals surface area contributed by atoms with Crippen LogP contribution >= 0.6 is 11.8 Å². The molecule has 0 aliphatic carbocycles. The van der Waals surface area contributed by atoms with E-state index in [0.29, 0.717) is 0 Å². The third-order valence-corrected chi connectivity index (χ3v) is 7.45. The summed E-state index contributed by atoms with van der Waals surface area (Å²) in [5.41, 5.74) is 2.54. The summed E-state index contributed by atoms with van der Waals surface area (Å²) in [5.74, 6) is 0.815. The quantitative estimate of drug-likeness (QED) is 0.531. The van der Waals surface area contributed by atoms with Crippen molar-refractivity contribution in [2.45, 2.75) is 31.4 Å². The highest BCUT2D eigenvalue weighted by atomic mass is 32.2. The van der Waals surface area contributed by atoms with Crippen molar-refractivity contribution in [3.63, 3.8) is 0 Å². The highest BCUT2D eigenvalue weighted by Gasteiger charge is 2.32. The van der Waals surface area contributed by atoms with Gasteiger partial charge in [0.05, 0.1) is 11.7 Å². The van der Waals surface area contributed by atoms with E-state index in [1.807, 2.05) is 74.7 Å². The van der Waals surface area contributed by atoms with Crippen molar-refractivity contribution in [2.24, 2.45) is 4.99 Å². The van der Waals surface area contributed by atoms with Crippen LogP contribution in [0.5, 0.6) is 0 Å². The Kier molecular flexibility index (Phi) is 7.24. The molecule has 2 unspecified atom stereocenters. The van der Waals surface area contributed by atoms with Crippen LogP contribution in [0.2, 0.25) is 0 Å². The van der Waals surface area contributed by atoms with Gasteiger partial charge in [-0.3, -0.25) is 14.7 Å². The molecule has 9 nitrogen and oxygen atoms in total. The van der Waals surface area contributed by atoms with Crippen LogP contribution in [0, 0.1) is 0 Å². The molecule has 0 bridgehead atoms. The number of piperazine rings is 1. The van der Waals surface area contributed by atoms with E-state index >= 15 is 0 Å². The Hall–Kier alpha value is -3.37. The number of amides is 1. The molecule has 1 saturated heterocycles. The summed E-state index contributed by atoms with van der Waals surface area (Å²) in [6.45, 7) is 7.01. The second kappa shape index (κ2) is 10.7. The lowest BCUT2D eigenvalue weighted by atomic mass is 10.0. The summed E-state index contributed by atoms with van der Waals surface area (Å²) in [4.78, 5) is 34.8. The Morgan fingerprint density at radius 2 is 1.69 bits per heavy atom. The monoisotopic (exact) mass is 505 g/mol. The van der Waals surface area contributed by atoms with Gasteiger partial charge in [0, 0.05) is 43.8 Å². The first kappa shape index (κ1) is 24.3. The molecule has 1 N–H and O–H groups in total. The van der Waals surface area contributed by atoms with Gasteiger partial charge in [0.1, 0.15) is 12.4 Å². The fourth-order valence-corrected chi connectivity index (χ4v) is 5.40. The molecule has 0 radical (unpaired) electrons. The summed E-state index contributed by atoms with van der Waals surface area (Å²) >= 11 is 1.62. The molecular formula is C26H31N7O2S. The molecule has 3 aromatic rings. The lowest BCUT2D eigenvalue weighted by Gasteiger charge is -2.40. The number of nitrogens with zero attached hydrogens (tertiary/aromatic N) is 6. The minimum atomic E-state index is -0.350. The number of hydrogen-bond donors (Lipinski definition) is 1. The third-order valence-electron chi connectivity index (χ3n) is 6.55. The third kappa shape index (κ3) is 5.10. The molecule has 2 aliphatic rings. The van der Waals surface area contributed by atoms with E-state index in [0.717, 1.165) is 48.9 Å². The van der Waals surface area contributed by atoms with Gasteiger partial charge in [0.25, 0.3) is 0 Å². The number of nitrogens with one attached hydrogen (secondary N) is 1. The van der Waals surface area contributed by atoms with Crippen LogP contribution in [0.3, 0.4) is 0 Å². The first-order valence-electron chi connectivity index (χ1n) is 12.3. The van der Waals surface area contributed by atoms with Crippen molar-refractivity contribution >= 4 is 29.6 Å². The molecular weight excluding hydrogens is 474 g/mol. The van der Waals surface area contributed by atoms with E-state index in [1.165, 1.54) is 4.68 Å². The van der Waals surface area contributed by atoms with Crippen molar-refractivity contribution < 1.29 is 4.79 Å². The predicted molar refractivity (Wildman–Crippen MR) is 144 cm³/mol. The fraction of sp³-hybridized carbons (Fsp3) is 0.385. The molecule has 0 saturated carbocycles. The van der Waals surface area contributed by atoms with Gasteiger partial charge in [-0.2, -0.15) is 5.10 Å². The minimum Gasteiger partial charge on any atom is -0.369 e. The van der Waals surface area contributed by atoms with Gasteiger partial charge in [0.15, 0.2) is 5.50 Å². The molecule has 36 heavy (non-hydrogen) atoms. The van der Waals surface area contributed by atoms with Crippen molar-refractivity contribution in [3.8, 4) is 5.69 Å².